The molecule has 0 spiro atoms. The Morgan fingerprint density at radius 2 is 2.04 bits per heavy atom. The highest BCUT2D eigenvalue weighted by Crippen LogP contribution is 2.43. The lowest BCUT2D eigenvalue weighted by Crippen LogP contribution is -1.94. The predicted octanol–water partition coefficient (Wildman–Crippen LogP) is 5.96. The van der Waals surface area contributed by atoms with Crippen LogP contribution in [0.2, 0.25) is 0 Å². The van der Waals surface area contributed by atoms with E-state index in [0.717, 1.165) is 0 Å². The van der Waals surface area contributed by atoms with Crippen LogP contribution in [0.25, 0.3) is 15.7 Å². The summed E-state index contributed by atoms with van der Waals surface area (Å²) in [5.74, 6) is -3.53. The Balaban J connectivity index is 2.11. The van der Waals surface area contributed by atoms with E-state index in [0.29, 0.717) is 16.6 Å². The van der Waals surface area contributed by atoms with Crippen LogP contribution in [0.3, 0.4) is 0 Å². The fraction of sp³-hybridized carbons (Fsp3) is 0.0625. The largest absolute Gasteiger partial charge is 0.454 e. The molecule has 0 aliphatic rings. The van der Waals surface area contributed by atoms with Gasteiger partial charge in [0, 0.05) is 23.2 Å². The number of aromatic nitrogens is 1. The van der Waals surface area contributed by atoms with Crippen molar-refractivity contribution < 1.29 is 17.9 Å². The number of H-pyrrole nitrogens is 1. The molecule has 1 aromatic heterocycles. The molecule has 0 aliphatic carbocycles. The zero-order chi connectivity index (χ0) is 16.4. The number of aromatic amines is 1. The van der Waals surface area contributed by atoms with Gasteiger partial charge in [-0.25, -0.2) is 9.24 Å². The molecule has 3 nitrogen and oxygen atoms in total. The van der Waals surface area contributed by atoms with E-state index in [-0.39, 0.29) is 28.2 Å². The predicted molar refractivity (Wildman–Crippen MR) is 82.9 cm³/mol. The molecule has 0 unspecified atom stereocenters. The first-order chi connectivity index (χ1) is 11.1. The highest BCUT2D eigenvalue weighted by atomic mass is 32.2. The van der Waals surface area contributed by atoms with Gasteiger partial charge in [0.1, 0.15) is 5.75 Å². The van der Waals surface area contributed by atoms with Gasteiger partial charge < -0.3 is 9.72 Å². The first-order valence-corrected chi connectivity index (χ1v) is 7.36. The average molecular weight is 334 g/mol. The van der Waals surface area contributed by atoms with Crippen LogP contribution in [0.15, 0.2) is 47.5 Å². The third kappa shape index (κ3) is 3.12. The standard InChI is InChI=1S/C16H9F3N2OS/c1-20-9-3-2-4-10(7-9)22-14-12(17)8-13-11(5-6-21-13)15(14)23-16(18)19/h2-8,16,21H. The van der Waals surface area contributed by atoms with Crippen molar-refractivity contribution in [3.8, 4) is 11.5 Å². The van der Waals surface area contributed by atoms with Gasteiger partial charge in [0.25, 0.3) is 5.76 Å². The van der Waals surface area contributed by atoms with E-state index in [1.54, 1.807) is 24.4 Å². The van der Waals surface area contributed by atoms with Crippen LogP contribution >= 0.6 is 11.8 Å². The van der Waals surface area contributed by atoms with Crippen LogP contribution in [-0.2, 0) is 0 Å². The maximum atomic E-state index is 14.3. The smallest absolute Gasteiger partial charge is 0.289 e. The minimum absolute atomic E-state index is 0.0180. The fourth-order valence-electron chi connectivity index (χ4n) is 2.16. The van der Waals surface area contributed by atoms with E-state index < -0.39 is 11.6 Å². The molecule has 1 heterocycles. The van der Waals surface area contributed by atoms with Gasteiger partial charge in [-0.15, -0.1) is 0 Å². The van der Waals surface area contributed by atoms with E-state index in [4.69, 9.17) is 11.3 Å². The van der Waals surface area contributed by atoms with Crippen LogP contribution in [0, 0.1) is 12.4 Å². The van der Waals surface area contributed by atoms with Crippen molar-refractivity contribution in [2.75, 3.05) is 0 Å². The van der Waals surface area contributed by atoms with Crippen molar-refractivity contribution in [1.82, 2.24) is 4.98 Å². The second-order valence-electron chi connectivity index (χ2n) is 4.55. The van der Waals surface area contributed by atoms with Crippen LogP contribution in [0.1, 0.15) is 0 Å². The summed E-state index contributed by atoms with van der Waals surface area (Å²) in [6, 6.07) is 8.88. The minimum Gasteiger partial charge on any atom is -0.454 e. The highest BCUT2D eigenvalue weighted by Gasteiger charge is 2.20. The Hall–Kier alpha value is -2.59. The maximum Gasteiger partial charge on any atom is 0.289 e. The van der Waals surface area contributed by atoms with Crippen LogP contribution in [-0.4, -0.2) is 10.7 Å². The minimum atomic E-state index is -2.72. The van der Waals surface area contributed by atoms with E-state index in [1.165, 1.54) is 18.2 Å². The molecule has 0 atom stereocenters. The van der Waals surface area contributed by atoms with Crippen molar-refractivity contribution >= 4 is 28.4 Å². The Morgan fingerprint density at radius 1 is 1.22 bits per heavy atom. The molecule has 3 aromatic rings. The summed E-state index contributed by atoms with van der Waals surface area (Å²) in [4.78, 5) is 6.06. The van der Waals surface area contributed by atoms with Gasteiger partial charge in [-0.05, 0) is 18.2 Å². The monoisotopic (exact) mass is 334 g/mol. The lowest BCUT2D eigenvalue weighted by atomic mass is 10.2. The summed E-state index contributed by atoms with van der Waals surface area (Å²) in [5.41, 5.74) is 0.724. The quantitative estimate of drug-likeness (QED) is 0.471. The van der Waals surface area contributed by atoms with Crippen molar-refractivity contribution in [1.29, 1.82) is 0 Å². The molecule has 0 bridgehead atoms. The molecule has 23 heavy (non-hydrogen) atoms. The number of hydrogen-bond acceptors (Lipinski definition) is 2. The van der Waals surface area contributed by atoms with E-state index in [1.807, 2.05) is 0 Å². The lowest BCUT2D eigenvalue weighted by molar-refractivity contribution is 0.252. The third-order valence-corrected chi connectivity index (χ3v) is 3.91. The second kappa shape index (κ2) is 6.26. The summed E-state index contributed by atoms with van der Waals surface area (Å²) < 4.78 is 45.5. The van der Waals surface area contributed by atoms with E-state index in [2.05, 4.69) is 9.83 Å². The van der Waals surface area contributed by atoms with E-state index >= 15 is 0 Å². The molecule has 0 saturated heterocycles. The summed E-state index contributed by atoms with van der Waals surface area (Å²) in [7, 11) is 0. The number of alkyl halides is 2. The van der Waals surface area contributed by atoms with Gasteiger partial charge in [-0.2, -0.15) is 8.78 Å². The molecule has 0 saturated carbocycles. The van der Waals surface area contributed by atoms with Crippen molar-refractivity contribution in [2.45, 2.75) is 10.7 Å². The van der Waals surface area contributed by atoms with Gasteiger partial charge in [-0.3, -0.25) is 0 Å². The van der Waals surface area contributed by atoms with Crippen molar-refractivity contribution in [2.24, 2.45) is 0 Å². The molecule has 0 fully saturated rings. The van der Waals surface area contributed by atoms with Gasteiger partial charge in [0.2, 0.25) is 0 Å². The summed E-state index contributed by atoms with van der Waals surface area (Å²) in [6.45, 7) is 6.97. The molecular formula is C16H9F3N2OS. The number of ether oxygens (including phenoxy) is 1. The lowest BCUT2D eigenvalue weighted by Gasteiger charge is -2.13. The Bertz CT molecular complexity index is 902. The topological polar surface area (TPSA) is 29.4 Å². The van der Waals surface area contributed by atoms with Crippen molar-refractivity contribution in [3.63, 3.8) is 0 Å². The van der Waals surface area contributed by atoms with Gasteiger partial charge in [-0.1, -0.05) is 23.9 Å². The Morgan fingerprint density at radius 3 is 2.78 bits per heavy atom. The zero-order valence-electron chi connectivity index (χ0n) is 11.5. The highest BCUT2D eigenvalue weighted by molar-refractivity contribution is 7.99. The number of nitrogens with zero attached hydrogens (tertiary/aromatic N) is 1. The Kier molecular flexibility index (Phi) is 4.17. The first kappa shape index (κ1) is 15.3. The number of thioether (sulfide) groups is 1. The number of halogens is 3. The number of rotatable bonds is 4. The number of hydrogen-bond donors (Lipinski definition) is 1. The molecule has 0 radical (unpaired) electrons. The molecular weight excluding hydrogens is 325 g/mol. The molecule has 7 heteroatoms. The molecule has 0 amide bonds. The summed E-state index contributed by atoms with van der Waals surface area (Å²) in [5, 5.41) is 0.452. The average Bonchev–Trinajstić information content (AvgIpc) is 2.98. The van der Waals surface area contributed by atoms with Gasteiger partial charge in [0.15, 0.2) is 17.3 Å². The van der Waals surface area contributed by atoms with E-state index in [9.17, 15) is 13.2 Å². The Labute approximate surface area is 133 Å². The third-order valence-electron chi connectivity index (χ3n) is 3.09. The van der Waals surface area contributed by atoms with Crippen molar-refractivity contribution in [3.05, 3.63) is 59.8 Å². The van der Waals surface area contributed by atoms with Gasteiger partial charge in [0.05, 0.1) is 11.5 Å². The van der Waals surface area contributed by atoms with Gasteiger partial charge >= 0.3 is 0 Å². The number of fused-ring (bicyclic) bond motifs is 1. The number of nitrogens with one attached hydrogen (secondary N) is 1. The maximum absolute atomic E-state index is 14.3. The molecule has 3 rings (SSSR count). The summed E-state index contributed by atoms with van der Waals surface area (Å²) in [6.07, 6.45) is 1.54. The van der Waals surface area contributed by atoms with Crippen LogP contribution < -0.4 is 4.74 Å². The zero-order valence-corrected chi connectivity index (χ0v) is 12.3. The summed E-state index contributed by atoms with van der Waals surface area (Å²) >= 11 is 0.224. The fourth-order valence-corrected chi connectivity index (χ4v) is 2.89. The number of benzene rings is 2. The SMILES string of the molecule is [C-]#[N+]c1cccc(Oc2c(F)cc3[nH]ccc3c2SC(F)F)c1. The molecule has 116 valence electrons. The first-order valence-electron chi connectivity index (χ1n) is 6.48. The second-order valence-corrected chi connectivity index (χ2v) is 5.55. The normalized spacial score (nSPS) is 10.9. The molecule has 2 aromatic carbocycles. The molecule has 0 aliphatic heterocycles. The van der Waals surface area contributed by atoms with Crippen LogP contribution in [0.5, 0.6) is 11.5 Å². The van der Waals surface area contributed by atoms with Crippen LogP contribution in [0.4, 0.5) is 18.9 Å². The molecule has 1 N–H and O–H groups in total.